The number of rotatable bonds is 5. The molecule has 0 spiro atoms. The molecule has 0 amide bonds. The first-order valence-corrected chi connectivity index (χ1v) is 13.1. The van der Waals surface area contributed by atoms with Crippen molar-refractivity contribution < 1.29 is 14.4 Å². The summed E-state index contributed by atoms with van der Waals surface area (Å²) >= 11 is 0. The van der Waals surface area contributed by atoms with Crippen molar-refractivity contribution in [3.05, 3.63) is 84.9 Å². The van der Waals surface area contributed by atoms with Crippen LogP contribution < -0.4 is 9.64 Å². The molecule has 4 aliphatic carbocycles. The van der Waals surface area contributed by atoms with Gasteiger partial charge in [0.1, 0.15) is 22.8 Å². The number of nitrogens with one attached hydrogen (secondary N) is 1. The lowest BCUT2D eigenvalue weighted by Gasteiger charge is -2.37. The third kappa shape index (κ3) is 3.25. The van der Waals surface area contributed by atoms with Gasteiger partial charge < -0.3 is 4.74 Å². The van der Waals surface area contributed by atoms with Gasteiger partial charge in [-0.2, -0.15) is 0 Å². The number of hydrogen-bond donors (Lipinski definition) is 1. The second-order valence-electron chi connectivity index (χ2n) is 11.0. The highest BCUT2D eigenvalue weighted by atomic mass is 16.5. The predicted octanol–water partition coefficient (Wildman–Crippen LogP) is 6.09. The van der Waals surface area contributed by atoms with Gasteiger partial charge in [-0.15, -0.1) is 0 Å². The molecular formula is C31H32NO2+. The number of carbonyl (C=O) groups excluding carboxylic acids is 1. The van der Waals surface area contributed by atoms with Crippen LogP contribution in [0.2, 0.25) is 0 Å². The van der Waals surface area contributed by atoms with Crippen LogP contribution in [-0.4, -0.2) is 5.97 Å². The second-order valence-corrected chi connectivity index (χ2v) is 11.0. The number of hydrogen-bond acceptors (Lipinski definition) is 2. The summed E-state index contributed by atoms with van der Waals surface area (Å²) in [4.78, 5) is 14.4. The minimum atomic E-state index is 0.0109. The van der Waals surface area contributed by atoms with Crippen molar-refractivity contribution in [2.75, 3.05) is 0 Å². The van der Waals surface area contributed by atoms with Gasteiger partial charge in [-0.3, -0.25) is 4.79 Å². The lowest BCUT2D eigenvalue weighted by molar-refractivity contribution is -0.681. The van der Waals surface area contributed by atoms with Gasteiger partial charge in [-0.05, 0) is 104 Å². The van der Waals surface area contributed by atoms with E-state index in [9.17, 15) is 4.79 Å². The van der Waals surface area contributed by atoms with E-state index in [2.05, 4.69) is 60.7 Å². The predicted molar refractivity (Wildman–Crippen MR) is 132 cm³/mol. The summed E-state index contributed by atoms with van der Waals surface area (Å²) in [6.07, 6.45) is 6.62. The van der Waals surface area contributed by atoms with E-state index in [0.717, 1.165) is 41.7 Å². The molecule has 7 atom stereocenters. The number of benzene rings is 3. The molecule has 4 aliphatic rings. The van der Waals surface area contributed by atoms with E-state index < -0.39 is 0 Å². The molecule has 172 valence electrons. The summed E-state index contributed by atoms with van der Waals surface area (Å²) in [5.41, 5.74) is 3.49. The Morgan fingerprint density at radius 3 is 1.88 bits per heavy atom. The van der Waals surface area contributed by atoms with Crippen molar-refractivity contribution in [3.63, 3.8) is 0 Å². The van der Waals surface area contributed by atoms with E-state index in [0.29, 0.717) is 11.7 Å². The zero-order valence-electron chi connectivity index (χ0n) is 19.5. The normalized spacial score (nSPS) is 32.8. The van der Waals surface area contributed by atoms with E-state index in [1.807, 2.05) is 24.3 Å². The molecule has 0 aliphatic heterocycles. The Balaban J connectivity index is 1.09. The molecule has 0 heterocycles. The summed E-state index contributed by atoms with van der Waals surface area (Å²) in [6.45, 7) is 0. The summed E-state index contributed by atoms with van der Waals surface area (Å²) in [5.74, 6) is 5.74. The highest BCUT2D eigenvalue weighted by Crippen LogP contribution is 2.68. The second kappa shape index (κ2) is 8.09. The molecule has 4 fully saturated rings. The number of fused-ring (bicyclic) bond motifs is 9. The fourth-order valence-corrected chi connectivity index (χ4v) is 8.43. The first kappa shape index (κ1) is 20.5. The smallest absolute Gasteiger partial charge is 0.314 e. The van der Waals surface area contributed by atoms with Crippen LogP contribution in [0.15, 0.2) is 84.9 Å². The van der Waals surface area contributed by atoms with Crippen molar-refractivity contribution in [2.24, 2.45) is 41.4 Å². The molecular weight excluding hydrogens is 418 g/mol. The van der Waals surface area contributed by atoms with Gasteiger partial charge in [0.25, 0.3) is 0 Å². The maximum Gasteiger partial charge on any atom is 0.314 e. The SMILES string of the molecule is O=C(Oc1ccc([NH+](c2ccccc2)c2ccccc2)cc1)C1CC2CC1C1C3CCC(C3)C21. The maximum atomic E-state index is 13.2. The van der Waals surface area contributed by atoms with Crippen LogP contribution in [0.25, 0.3) is 0 Å². The fourth-order valence-electron chi connectivity index (χ4n) is 8.43. The Morgan fingerprint density at radius 2 is 1.24 bits per heavy atom. The molecule has 4 saturated carbocycles. The third-order valence-electron chi connectivity index (χ3n) is 9.52. The Morgan fingerprint density at radius 1 is 0.647 bits per heavy atom. The van der Waals surface area contributed by atoms with Crippen molar-refractivity contribution >= 4 is 23.0 Å². The minimum Gasteiger partial charge on any atom is -0.426 e. The maximum absolute atomic E-state index is 13.2. The lowest BCUT2D eigenvalue weighted by atomic mass is 9.67. The summed E-state index contributed by atoms with van der Waals surface area (Å²) in [5, 5.41) is 0. The molecule has 7 rings (SSSR count). The number of ether oxygens (including phenoxy) is 1. The zero-order chi connectivity index (χ0) is 22.6. The molecule has 3 aromatic carbocycles. The number of carbonyl (C=O) groups is 1. The van der Waals surface area contributed by atoms with Gasteiger partial charge in [0.2, 0.25) is 0 Å². The minimum absolute atomic E-state index is 0.0109. The first-order chi connectivity index (χ1) is 16.8. The van der Waals surface area contributed by atoms with Crippen molar-refractivity contribution in [1.29, 1.82) is 0 Å². The zero-order valence-corrected chi connectivity index (χ0v) is 19.5. The highest BCUT2D eigenvalue weighted by molar-refractivity contribution is 5.76. The van der Waals surface area contributed by atoms with E-state index >= 15 is 0 Å². The van der Waals surface area contributed by atoms with Gasteiger partial charge in [0.05, 0.1) is 5.92 Å². The van der Waals surface area contributed by atoms with E-state index in [1.165, 1.54) is 42.0 Å². The van der Waals surface area contributed by atoms with Crippen LogP contribution in [0, 0.1) is 41.4 Å². The average Bonchev–Trinajstić information content (AvgIpc) is 3.67. The molecule has 34 heavy (non-hydrogen) atoms. The van der Waals surface area contributed by atoms with Gasteiger partial charge in [0, 0.05) is 12.1 Å². The topological polar surface area (TPSA) is 30.7 Å². The van der Waals surface area contributed by atoms with Gasteiger partial charge in [-0.1, -0.05) is 36.4 Å². The van der Waals surface area contributed by atoms with Gasteiger partial charge in [-0.25, -0.2) is 4.90 Å². The highest BCUT2D eigenvalue weighted by Gasteiger charge is 2.63. The van der Waals surface area contributed by atoms with Crippen LogP contribution in [0.3, 0.4) is 0 Å². The monoisotopic (exact) mass is 450 g/mol. The van der Waals surface area contributed by atoms with Crippen LogP contribution in [0.4, 0.5) is 17.1 Å². The van der Waals surface area contributed by atoms with Crippen LogP contribution in [0.1, 0.15) is 32.1 Å². The van der Waals surface area contributed by atoms with Gasteiger partial charge in [0.15, 0.2) is 0 Å². The summed E-state index contributed by atoms with van der Waals surface area (Å²) in [7, 11) is 0. The average molecular weight is 451 g/mol. The Kier molecular flexibility index (Phi) is 4.87. The Bertz CT molecular complexity index is 1140. The largest absolute Gasteiger partial charge is 0.426 e. The molecule has 1 N–H and O–H groups in total. The lowest BCUT2D eigenvalue weighted by Crippen LogP contribution is -2.96. The molecule has 4 bridgehead atoms. The summed E-state index contributed by atoms with van der Waals surface area (Å²) < 4.78 is 5.98. The molecule has 0 radical (unpaired) electrons. The van der Waals surface area contributed by atoms with Crippen molar-refractivity contribution in [2.45, 2.75) is 32.1 Å². The number of quaternary nitrogens is 1. The quantitative estimate of drug-likeness (QED) is 0.290. The third-order valence-corrected chi connectivity index (χ3v) is 9.52. The molecule has 3 nitrogen and oxygen atoms in total. The van der Waals surface area contributed by atoms with E-state index in [4.69, 9.17) is 4.74 Å². The number of para-hydroxylation sites is 2. The fraction of sp³-hybridized carbons (Fsp3) is 0.387. The van der Waals surface area contributed by atoms with Crippen LogP contribution >= 0.6 is 0 Å². The van der Waals surface area contributed by atoms with Crippen LogP contribution in [0.5, 0.6) is 5.75 Å². The Labute approximate surface area is 201 Å². The standard InChI is InChI=1S/C31H31NO2/c33-31(28-19-22-18-27(28)30-21-12-11-20(17-21)29(22)30)34-26-15-13-25(14-16-26)32(23-7-3-1-4-8-23)24-9-5-2-6-10-24/h1-10,13-16,20-22,27-30H,11-12,17-19H2/p+1. The summed E-state index contributed by atoms with van der Waals surface area (Å²) in [6, 6.07) is 29.1. The van der Waals surface area contributed by atoms with Crippen molar-refractivity contribution in [1.82, 2.24) is 0 Å². The number of esters is 1. The molecule has 3 heteroatoms. The Hall–Kier alpha value is -2.91. The van der Waals surface area contributed by atoms with E-state index in [1.54, 1.807) is 0 Å². The molecule has 7 unspecified atom stereocenters. The van der Waals surface area contributed by atoms with Gasteiger partial charge >= 0.3 is 5.97 Å². The first-order valence-electron chi connectivity index (χ1n) is 13.1. The van der Waals surface area contributed by atoms with Crippen LogP contribution in [-0.2, 0) is 4.79 Å². The van der Waals surface area contributed by atoms with Crippen molar-refractivity contribution in [3.8, 4) is 5.75 Å². The molecule has 3 aromatic rings. The molecule has 0 aromatic heterocycles. The van der Waals surface area contributed by atoms with E-state index in [-0.39, 0.29) is 11.9 Å². The molecule has 0 saturated heterocycles.